The third-order valence-corrected chi connectivity index (χ3v) is 6.32. The zero-order valence-corrected chi connectivity index (χ0v) is 16.8. The highest BCUT2D eigenvalue weighted by molar-refractivity contribution is 7.91. The van der Waals surface area contributed by atoms with Crippen LogP contribution in [0, 0.1) is 0 Å². The summed E-state index contributed by atoms with van der Waals surface area (Å²) < 4.78 is 24.8. The molecule has 1 fully saturated rings. The molecule has 0 bridgehead atoms. The molecule has 0 unspecified atom stereocenters. The predicted molar refractivity (Wildman–Crippen MR) is 110 cm³/mol. The van der Waals surface area contributed by atoms with Gasteiger partial charge in [-0.15, -0.1) is 0 Å². The largest absolute Gasteiger partial charge is 0.350 e. The van der Waals surface area contributed by atoms with Crippen molar-refractivity contribution < 1.29 is 13.2 Å². The van der Waals surface area contributed by atoms with Gasteiger partial charge in [-0.3, -0.25) is 4.79 Å². The fourth-order valence-electron chi connectivity index (χ4n) is 2.86. The highest BCUT2D eigenvalue weighted by Gasteiger charge is 2.27. The molecule has 1 aliphatic carbocycles. The monoisotopic (exact) mass is 424 g/mol. The molecule has 2 aromatic heterocycles. The molecule has 10 heteroatoms. The van der Waals surface area contributed by atoms with Crippen LogP contribution in [-0.2, 0) is 9.84 Å². The third-order valence-electron chi connectivity index (χ3n) is 4.58. The SMILES string of the molecule is O=C(NCCS(=O)(=O)c1ccccc1)c1nc(C2CC2)cnc1Nc1cncnc1. The minimum atomic E-state index is -3.49. The summed E-state index contributed by atoms with van der Waals surface area (Å²) in [6.07, 6.45) is 8.19. The number of nitrogens with zero attached hydrogens (tertiary/aromatic N) is 4. The zero-order chi connectivity index (χ0) is 21.0. The summed E-state index contributed by atoms with van der Waals surface area (Å²) in [4.78, 5) is 29.7. The molecule has 1 amide bonds. The minimum absolute atomic E-state index is 0.0424. The number of aromatic nitrogens is 4. The maximum Gasteiger partial charge on any atom is 0.273 e. The van der Waals surface area contributed by atoms with Crippen molar-refractivity contribution in [2.24, 2.45) is 0 Å². The van der Waals surface area contributed by atoms with E-state index < -0.39 is 15.7 Å². The second-order valence-corrected chi connectivity index (χ2v) is 9.02. The van der Waals surface area contributed by atoms with Crippen LogP contribution in [0.25, 0.3) is 0 Å². The standard InChI is InChI=1S/C20H20N6O3S/c27-20(23-8-9-30(28,29)16-4-2-1-3-5-16)18-19(25-15-10-21-13-22-11-15)24-12-17(26-18)14-6-7-14/h1-5,10-14H,6-9H2,(H,23,27)(H,24,25). The Labute approximate surface area is 173 Å². The first-order chi connectivity index (χ1) is 14.5. The Morgan fingerprint density at radius 3 is 2.50 bits per heavy atom. The summed E-state index contributed by atoms with van der Waals surface area (Å²) >= 11 is 0. The Hall–Kier alpha value is -3.40. The van der Waals surface area contributed by atoms with Crippen molar-refractivity contribution in [1.82, 2.24) is 25.3 Å². The molecule has 3 aromatic rings. The first-order valence-electron chi connectivity index (χ1n) is 9.48. The van der Waals surface area contributed by atoms with E-state index in [2.05, 4.69) is 30.6 Å². The average molecular weight is 424 g/mol. The Morgan fingerprint density at radius 1 is 1.07 bits per heavy atom. The number of rotatable bonds is 8. The Kier molecular flexibility index (Phi) is 5.66. The van der Waals surface area contributed by atoms with Gasteiger partial charge in [0, 0.05) is 12.5 Å². The van der Waals surface area contributed by atoms with Crippen molar-refractivity contribution in [2.45, 2.75) is 23.7 Å². The number of hydrogen-bond donors (Lipinski definition) is 2. The van der Waals surface area contributed by atoms with Gasteiger partial charge in [-0.25, -0.2) is 28.4 Å². The molecule has 9 nitrogen and oxygen atoms in total. The van der Waals surface area contributed by atoms with Gasteiger partial charge in [0.05, 0.1) is 40.6 Å². The smallest absolute Gasteiger partial charge is 0.273 e. The highest BCUT2D eigenvalue weighted by Crippen LogP contribution is 2.39. The van der Waals surface area contributed by atoms with Crippen LogP contribution >= 0.6 is 0 Å². The van der Waals surface area contributed by atoms with E-state index in [1.54, 1.807) is 36.8 Å². The summed E-state index contributed by atoms with van der Waals surface area (Å²) in [5, 5.41) is 5.64. The normalized spacial score (nSPS) is 13.6. The molecular weight excluding hydrogens is 404 g/mol. The van der Waals surface area contributed by atoms with E-state index in [-0.39, 0.29) is 28.7 Å². The van der Waals surface area contributed by atoms with Crippen molar-refractivity contribution in [1.29, 1.82) is 0 Å². The number of anilines is 2. The fourth-order valence-corrected chi connectivity index (χ4v) is 4.04. The van der Waals surface area contributed by atoms with Gasteiger partial charge < -0.3 is 10.6 Å². The van der Waals surface area contributed by atoms with Crippen molar-refractivity contribution >= 4 is 27.2 Å². The van der Waals surface area contributed by atoms with E-state index in [0.29, 0.717) is 11.6 Å². The van der Waals surface area contributed by atoms with E-state index in [0.717, 1.165) is 18.5 Å². The van der Waals surface area contributed by atoms with Crippen LogP contribution in [0.15, 0.2) is 60.1 Å². The van der Waals surface area contributed by atoms with Gasteiger partial charge in [0.25, 0.3) is 5.91 Å². The quantitative estimate of drug-likeness (QED) is 0.563. The summed E-state index contributed by atoms with van der Waals surface area (Å²) in [5.74, 6) is -0.129. The van der Waals surface area contributed by atoms with Crippen LogP contribution < -0.4 is 10.6 Å². The molecule has 1 saturated carbocycles. The summed E-state index contributed by atoms with van der Waals surface area (Å²) in [6, 6.07) is 8.14. The second-order valence-electron chi connectivity index (χ2n) is 6.91. The van der Waals surface area contributed by atoms with Crippen LogP contribution in [0.5, 0.6) is 0 Å². The highest BCUT2D eigenvalue weighted by atomic mass is 32.2. The lowest BCUT2D eigenvalue weighted by atomic mass is 10.2. The summed E-state index contributed by atoms with van der Waals surface area (Å²) in [7, 11) is -3.49. The molecule has 1 aromatic carbocycles. The Morgan fingerprint density at radius 2 is 1.80 bits per heavy atom. The van der Waals surface area contributed by atoms with Gasteiger partial charge in [-0.05, 0) is 25.0 Å². The molecule has 0 aliphatic heterocycles. The van der Waals surface area contributed by atoms with E-state index in [4.69, 9.17) is 0 Å². The molecule has 30 heavy (non-hydrogen) atoms. The summed E-state index contributed by atoms with van der Waals surface area (Å²) in [5.41, 5.74) is 1.43. The molecule has 0 spiro atoms. The molecule has 154 valence electrons. The Bertz CT molecular complexity index is 1140. The molecule has 2 heterocycles. The van der Waals surface area contributed by atoms with Crippen molar-refractivity contribution in [3.05, 3.63) is 66.6 Å². The first-order valence-corrected chi connectivity index (χ1v) is 11.1. The van der Waals surface area contributed by atoms with Crippen LogP contribution in [0.1, 0.15) is 34.9 Å². The first kappa shape index (κ1) is 19.9. The molecule has 1 aliphatic rings. The number of amides is 1. The van der Waals surface area contributed by atoms with Gasteiger partial charge in [-0.1, -0.05) is 18.2 Å². The van der Waals surface area contributed by atoms with Gasteiger partial charge >= 0.3 is 0 Å². The van der Waals surface area contributed by atoms with E-state index in [1.165, 1.54) is 18.5 Å². The van der Waals surface area contributed by atoms with E-state index in [9.17, 15) is 13.2 Å². The minimum Gasteiger partial charge on any atom is -0.350 e. The Balaban J connectivity index is 1.48. The third kappa shape index (κ3) is 4.77. The van der Waals surface area contributed by atoms with Gasteiger partial charge in [0.15, 0.2) is 21.3 Å². The zero-order valence-electron chi connectivity index (χ0n) is 16.0. The van der Waals surface area contributed by atoms with Crippen molar-refractivity contribution in [3.63, 3.8) is 0 Å². The van der Waals surface area contributed by atoms with Crippen LogP contribution in [0.4, 0.5) is 11.5 Å². The number of hydrogen-bond acceptors (Lipinski definition) is 8. The molecule has 0 atom stereocenters. The van der Waals surface area contributed by atoms with Gasteiger partial charge in [-0.2, -0.15) is 0 Å². The molecule has 0 saturated heterocycles. The summed E-state index contributed by atoms with van der Waals surface area (Å²) in [6.45, 7) is -0.0424. The topological polar surface area (TPSA) is 127 Å². The number of sulfone groups is 1. The van der Waals surface area contributed by atoms with E-state index in [1.807, 2.05) is 0 Å². The lowest BCUT2D eigenvalue weighted by molar-refractivity contribution is 0.0951. The number of benzene rings is 1. The van der Waals surface area contributed by atoms with Gasteiger partial charge in [0.2, 0.25) is 0 Å². The lowest BCUT2D eigenvalue weighted by Gasteiger charge is -2.12. The van der Waals surface area contributed by atoms with Crippen LogP contribution in [0.3, 0.4) is 0 Å². The lowest BCUT2D eigenvalue weighted by Crippen LogP contribution is -2.30. The van der Waals surface area contributed by atoms with Crippen molar-refractivity contribution in [3.8, 4) is 0 Å². The maximum atomic E-state index is 12.8. The number of carbonyl (C=O) groups is 1. The number of nitrogens with one attached hydrogen (secondary N) is 2. The molecule has 2 N–H and O–H groups in total. The number of carbonyl (C=O) groups excluding carboxylic acids is 1. The molecular formula is C20H20N6O3S. The fraction of sp³-hybridized carbons (Fsp3) is 0.250. The van der Waals surface area contributed by atoms with E-state index >= 15 is 0 Å². The van der Waals surface area contributed by atoms with Crippen molar-refractivity contribution in [2.75, 3.05) is 17.6 Å². The maximum absolute atomic E-state index is 12.8. The average Bonchev–Trinajstić information content (AvgIpc) is 3.61. The second kappa shape index (κ2) is 8.54. The molecule has 0 radical (unpaired) electrons. The van der Waals surface area contributed by atoms with Gasteiger partial charge in [0.1, 0.15) is 6.33 Å². The molecule has 4 rings (SSSR count). The van der Waals surface area contributed by atoms with Crippen LogP contribution in [0.2, 0.25) is 0 Å². The predicted octanol–water partition coefficient (Wildman–Crippen LogP) is 2.09. The van der Waals surface area contributed by atoms with Crippen LogP contribution in [-0.4, -0.2) is 46.6 Å².